The third-order valence-electron chi connectivity index (χ3n) is 4.47. The Labute approximate surface area is 137 Å². The van der Waals surface area contributed by atoms with Gasteiger partial charge < -0.3 is 10.9 Å². The Kier molecular flexibility index (Phi) is 3.04. The van der Waals surface area contributed by atoms with Crippen LogP contribution in [0.15, 0.2) is 58.4 Å². The molecule has 0 bridgehead atoms. The number of fused-ring (bicyclic) bond motifs is 4. The van der Waals surface area contributed by atoms with Gasteiger partial charge >= 0.3 is 0 Å². The third-order valence-corrected chi connectivity index (χ3v) is 4.47. The first kappa shape index (κ1) is 14.6. The summed E-state index contributed by atoms with van der Waals surface area (Å²) >= 11 is 0. The molecule has 1 atom stereocenters. The Morgan fingerprint density at radius 1 is 1.25 bits per heavy atom. The number of nitrogens with two attached hydrogens (primary N) is 1. The number of aromatic nitrogens is 2. The minimum atomic E-state index is -1.44. The zero-order valence-corrected chi connectivity index (χ0v) is 13.1. The van der Waals surface area contributed by atoms with Crippen LogP contribution in [0.5, 0.6) is 0 Å². The maximum Gasteiger partial charge on any atom is 0.266 e. The van der Waals surface area contributed by atoms with E-state index in [1.807, 2.05) is 24.3 Å². The van der Waals surface area contributed by atoms with Gasteiger partial charge in [-0.25, -0.2) is 4.98 Å². The Morgan fingerprint density at radius 3 is 2.75 bits per heavy atom. The first-order valence-corrected chi connectivity index (χ1v) is 7.64. The third kappa shape index (κ3) is 1.83. The molecule has 1 unspecified atom stereocenters. The predicted octanol–water partition coefficient (Wildman–Crippen LogP) is 1.66. The van der Waals surface area contributed by atoms with E-state index in [1.54, 1.807) is 31.2 Å². The van der Waals surface area contributed by atoms with Crippen molar-refractivity contribution in [1.29, 1.82) is 0 Å². The van der Waals surface area contributed by atoms with Gasteiger partial charge in [0.15, 0.2) is 11.4 Å². The van der Waals surface area contributed by atoms with Crippen molar-refractivity contribution in [3.63, 3.8) is 0 Å². The second kappa shape index (κ2) is 5.01. The van der Waals surface area contributed by atoms with Crippen LogP contribution in [-0.2, 0) is 5.60 Å². The number of aliphatic hydroxyl groups is 1. The van der Waals surface area contributed by atoms with Gasteiger partial charge in [0.1, 0.15) is 0 Å². The summed E-state index contributed by atoms with van der Waals surface area (Å²) in [4.78, 5) is 17.6. The van der Waals surface area contributed by atoms with Crippen molar-refractivity contribution in [1.82, 2.24) is 9.55 Å². The summed E-state index contributed by atoms with van der Waals surface area (Å²) in [6.45, 7) is 1.74. The van der Waals surface area contributed by atoms with E-state index >= 15 is 0 Å². The molecule has 0 radical (unpaired) electrons. The quantitative estimate of drug-likeness (QED) is 0.426. The lowest BCUT2D eigenvalue weighted by Gasteiger charge is -2.23. The first-order valence-electron chi connectivity index (χ1n) is 7.64. The summed E-state index contributed by atoms with van der Waals surface area (Å²) in [5.74, 6) is 5.66. The van der Waals surface area contributed by atoms with Gasteiger partial charge in [0.2, 0.25) is 0 Å². The SMILES string of the molecule is CC(CC1(O)c2ccccc2-n2c1nc1ccccc1c2=O)=NN. The number of para-hydroxylation sites is 2. The largest absolute Gasteiger partial charge is 0.377 e. The highest BCUT2D eigenvalue weighted by Crippen LogP contribution is 2.41. The molecule has 4 rings (SSSR count). The van der Waals surface area contributed by atoms with E-state index in [0.717, 1.165) is 0 Å². The van der Waals surface area contributed by atoms with Gasteiger partial charge in [-0.2, -0.15) is 5.10 Å². The second-order valence-corrected chi connectivity index (χ2v) is 6.01. The van der Waals surface area contributed by atoms with Gasteiger partial charge in [-0.15, -0.1) is 0 Å². The smallest absolute Gasteiger partial charge is 0.266 e. The Morgan fingerprint density at radius 2 is 1.96 bits per heavy atom. The average Bonchev–Trinajstić information content (AvgIpc) is 2.85. The van der Waals surface area contributed by atoms with Crippen LogP contribution in [0.1, 0.15) is 24.7 Å². The molecule has 2 heterocycles. The molecule has 24 heavy (non-hydrogen) atoms. The number of nitrogens with zero attached hydrogens (tertiary/aromatic N) is 3. The summed E-state index contributed by atoms with van der Waals surface area (Å²) in [6.07, 6.45) is 0.172. The van der Waals surface area contributed by atoms with Gasteiger partial charge in [0, 0.05) is 17.7 Å². The van der Waals surface area contributed by atoms with Gasteiger partial charge in [-0.3, -0.25) is 9.36 Å². The normalized spacial score (nSPS) is 19.3. The molecule has 1 aromatic heterocycles. The number of hydrazone groups is 1. The van der Waals surface area contributed by atoms with Crippen molar-refractivity contribution < 1.29 is 5.11 Å². The fourth-order valence-corrected chi connectivity index (χ4v) is 3.36. The standard InChI is InChI=1S/C18H16N4O2/c1-11(21-19)10-18(24)13-7-3-5-9-15(13)22-16(23)12-6-2-4-8-14(12)20-17(18)22/h2-9,24H,10,19H2,1H3. The topological polar surface area (TPSA) is 93.5 Å². The molecule has 1 aliphatic rings. The molecule has 0 saturated carbocycles. The highest BCUT2D eigenvalue weighted by molar-refractivity contribution is 5.85. The van der Waals surface area contributed by atoms with Crippen LogP contribution < -0.4 is 11.4 Å². The maximum atomic E-state index is 13.0. The molecule has 0 amide bonds. The van der Waals surface area contributed by atoms with Crippen LogP contribution in [0.2, 0.25) is 0 Å². The molecule has 1 aliphatic heterocycles. The van der Waals surface area contributed by atoms with E-state index in [-0.39, 0.29) is 12.0 Å². The zero-order valence-electron chi connectivity index (χ0n) is 13.1. The van der Waals surface area contributed by atoms with Crippen LogP contribution >= 0.6 is 0 Å². The minimum Gasteiger partial charge on any atom is -0.377 e. The van der Waals surface area contributed by atoms with E-state index in [0.29, 0.717) is 33.7 Å². The van der Waals surface area contributed by atoms with Crippen LogP contribution in [0.25, 0.3) is 16.6 Å². The van der Waals surface area contributed by atoms with Crippen LogP contribution in [0, 0.1) is 0 Å². The Bertz CT molecular complexity index is 1050. The van der Waals surface area contributed by atoms with Crippen LogP contribution in [0.4, 0.5) is 0 Å². The minimum absolute atomic E-state index is 0.172. The first-order chi connectivity index (χ1) is 11.6. The number of rotatable bonds is 2. The van der Waals surface area contributed by atoms with Crippen molar-refractivity contribution in [3.8, 4) is 5.69 Å². The highest BCUT2D eigenvalue weighted by Gasteiger charge is 2.44. The zero-order chi connectivity index (χ0) is 16.9. The highest BCUT2D eigenvalue weighted by atomic mass is 16.3. The molecule has 0 aliphatic carbocycles. The van der Waals surface area contributed by atoms with Gasteiger partial charge in [0.05, 0.1) is 16.6 Å². The second-order valence-electron chi connectivity index (χ2n) is 6.01. The molecule has 0 fully saturated rings. The number of benzene rings is 2. The number of hydrogen-bond acceptors (Lipinski definition) is 5. The Hall–Kier alpha value is -2.99. The van der Waals surface area contributed by atoms with Gasteiger partial charge in [-0.05, 0) is 25.1 Å². The monoisotopic (exact) mass is 320 g/mol. The van der Waals surface area contributed by atoms with E-state index in [1.165, 1.54) is 4.57 Å². The van der Waals surface area contributed by atoms with Crippen molar-refractivity contribution in [2.75, 3.05) is 0 Å². The summed E-state index contributed by atoms with van der Waals surface area (Å²) in [6, 6.07) is 14.4. The van der Waals surface area contributed by atoms with E-state index in [9.17, 15) is 9.90 Å². The molecule has 6 heteroatoms. The van der Waals surface area contributed by atoms with Crippen molar-refractivity contribution in [2.24, 2.45) is 10.9 Å². The summed E-state index contributed by atoms with van der Waals surface area (Å²) < 4.78 is 1.49. The van der Waals surface area contributed by atoms with E-state index in [2.05, 4.69) is 10.1 Å². The lowest BCUT2D eigenvalue weighted by atomic mass is 9.89. The van der Waals surface area contributed by atoms with Crippen molar-refractivity contribution in [2.45, 2.75) is 18.9 Å². The molecule has 120 valence electrons. The average molecular weight is 320 g/mol. The lowest BCUT2D eigenvalue weighted by Crippen LogP contribution is -2.32. The fourth-order valence-electron chi connectivity index (χ4n) is 3.36. The molecular formula is C18H16N4O2. The molecule has 0 spiro atoms. The lowest BCUT2D eigenvalue weighted by molar-refractivity contribution is 0.0849. The van der Waals surface area contributed by atoms with E-state index < -0.39 is 5.60 Å². The molecule has 3 N–H and O–H groups in total. The van der Waals surface area contributed by atoms with E-state index in [4.69, 9.17) is 5.84 Å². The molecule has 6 nitrogen and oxygen atoms in total. The van der Waals surface area contributed by atoms with Gasteiger partial charge in [-0.1, -0.05) is 30.3 Å². The molecule has 0 saturated heterocycles. The van der Waals surface area contributed by atoms with Crippen molar-refractivity contribution >= 4 is 16.6 Å². The summed E-state index contributed by atoms with van der Waals surface area (Å²) in [5, 5.41) is 15.6. The predicted molar refractivity (Wildman–Crippen MR) is 92.3 cm³/mol. The molecular weight excluding hydrogens is 304 g/mol. The molecule has 3 aromatic rings. The maximum absolute atomic E-state index is 13.0. The summed E-state index contributed by atoms with van der Waals surface area (Å²) in [7, 11) is 0. The van der Waals surface area contributed by atoms with Gasteiger partial charge in [0.25, 0.3) is 5.56 Å². The molecule has 2 aromatic carbocycles. The fraction of sp³-hybridized carbons (Fsp3) is 0.167. The van der Waals surface area contributed by atoms with Crippen LogP contribution in [0.3, 0.4) is 0 Å². The van der Waals surface area contributed by atoms with Crippen LogP contribution in [-0.4, -0.2) is 20.4 Å². The number of hydrogen-bond donors (Lipinski definition) is 2. The Balaban J connectivity index is 2.12. The summed E-state index contributed by atoms with van der Waals surface area (Å²) in [5.41, 5.74) is 0.773. The van der Waals surface area contributed by atoms with Crippen molar-refractivity contribution in [3.05, 3.63) is 70.3 Å².